The van der Waals surface area contributed by atoms with Gasteiger partial charge in [-0.15, -0.1) is 0 Å². The number of carbonyl (C=O) groups is 2. The van der Waals surface area contributed by atoms with Crippen LogP contribution in [0.1, 0.15) is 20.3 Å². The number of hydrogen-bond acceptors (Lipinski definition) is 2. The second-order valence-corrected chi connectivity index (χ2v) is 2.00. The third-order valence-electron chi connectivity index (χ3n) is 1.08. The minimum atomic E-state index is -0.988. The Morgan fingerprint density at radius 2 is 2.10 bits per heavy atom. The number of amides is 1. The zero-order chi connectivity index (χ0) is 8.15. The quantitative estimate of drug-likeness (QED) is 0.586. The van der Waals surface area contributed by atoms with Crippen LogP contribution in [0.2, 0.25) is 0 Å². The van der Waals surface area contributed by atoms with Gasteiger partial charge in [-0.2, -0.15) is 0 Å². The van der Waals surface area contributed by atoms with Gasteiger partial charge >= 0.3 is 5.97 Å². The second-order valence-electron chi connectivity index (χ2n) is 2.00. The lowest BCUT2D eigenvalue weighted by atomic mass is 10.2. The van der Waals surface area contributed by atoms with E-state index in [9.17, 15) is 9.59 Å². The number of carboxylic acids is 1. The van der Waals surface area contributed by atoms with E-state index < -0.39 is 12.0 Å². The molecule has 4 nitrogen and oxygen atoms in total. The molecule has 0 spiro atoms. The average Bonchev–Trinajstić information content (AvgIpc) is 1.81. The standard InChI is InChI=1S/C6H11NO3/c1-3-5(6(9)10)7-4(2)8/h5H,3H2,1-2H3,(H,7,8)(H,9,10)/t5-/m0/s1. The number of hydrogen-bond donors (Lipinski definition) is 2. The monoisotopic (exact) mass is 145 g/mol. The Hall–Kier alpha value is -1.06. The van der Waals surface area contributed by atoms with Gasteiger partial charge in [0.05, 0.1) is 0 Å². The van der Waals surface area contributed by atoms with E-state index in [0.717, 1.165) is 0 Å². The fourth-order valence-corrected chi connectivity index (χ4v) is 0.584. The van der Waals surface area contributed by atoms with Crippen LogP contribution in [0, 0.1) is 0 Å². The van der Waals surface area contributed by atoms with E-state index in [-0.39, 0.29) is 5.91 Å². The fourth-order valence-electron chi connectivity index (χ4n) is 0.584. The lowest BCUT2D eigenvalue weighted by Gasteiger charge is -2.08. The molecule has 2 N–H and O–H groups in total. The lowest BCUT2D eigenvalue weighted by molar-refractivity contribution is -0.141. The smallest absolute Gasteiger partial charge is 0.326 e. The molecule has 0 rings (SSSR count). The van der Waals surface area contributed by atoms with E-state index in [1.807, 2.05) is 0 Å². The van der Waals surface area contributed by atoms with Crippen molar-refractivity contribution in [3.63, 3.8) is 0 Å². The van der Waals surface area contributed by atoms with Gasteiger partial charge in [0.2, 0.25) is 5.91 Å². The molecule has 1 atom stereocenters. The molecule has 0 fully saturated rings. The summed E-state index contributed by atoms with van der Waals surface area (Å²) in [5.41, 5.74) is 0. The molecule has 10 heavy (non-hydrogen) atoms. The van der Waals surface area contributed by atoms with Crippen LogP contribution in [0.5, 0.6) is 0 Å². The number of rotatable bonds is 3. The topological polar surface area (TPSA) is 66.4 Å². The number of aliphatic carboxylic acids is 1. The zero-order valence-electron chi connectivity index (χ0n) is 6.05. The molecule has 0 aliphatic rings. The highest BCUT2D eigenvalue weighted by molar-refractivity contribution is 5.81. The maximum Gasteiger partial charge on any atom is 0.326 e. The van der Waals surface area contributed by atoms with E-state index in [2.05, 4.69) is 5.32 Å². The van der Waals surface area contributed by atoms with Crippen molar-refractivity contribution in [2.45, 2.75) is 26.3 Å². The molecule has 1 amide bonds. The molecule has 0 aliphatic heterocycles. The van der Waals surface area contributed by atoms with Crippen molar-refractivity contribution in [3.8, 4) is 0 Å². The molecule has 4 heteroatoms. The van der Waals surface area contributed by atoms with Gasteiger partial charge in [-0.1, -0.05) is 6.92 Å². The summed E-state index contributed by atoms with van der Waals surface area (Å²) in [5.74, 6) is -1.30. The van der Waals surface area contributed by atoms with Gasteiger partial charge in [0.25, 0.3) is 0 Å². The Labute approximate surface area is 59.2 Å². The maximum atomic E-state index is 10.3. The van der Waals surface area contributed by atoms with Crippen molar-refractivity contribution < 1.29 is 14.7 Å². The Kier molecular flexibility index (Phi) is 3.46. The summed E-state index contributed by atoms with van der Waals surface area (Å²) < 4.78 is 0. The minimum Gasteiger partial charge on any atom is -0.480 e. The van der Waals surface area contributed by atoms with Gasteiger partial charge in [0.15, 0.2) is 0 Å². The SMILES string of the molecule is CC[C@H](NC(C)=O)C(=O)O. The van der Waals surface area contributed by atoms with Crippen LogP contribution in [0.4, 0.5) is 0 Å². The van der Waals surface area contributed by atoms with Crippen molar-refractivity contribution in [1.29, 1.82) is 0 Å². The van der Waals surface area contributed by atoms with E-state index in [4.69, 9.17) is 5.11 Å². The molecule has 0 radical (unpaired) electrons. The number of nitrogens with one attached hydrogen (secondary N) is 1. The van der Waals surface area contributed by atoms with Crippen LogP contribution in [-0.2, 0) is 9.59 Å². The Bertz CT molecular complexity index is 144. The molecule has 0 aromatic carbocycles. The molecule has 0 saturated heterocycles. The third kappa shape index (κ3) is 3.06. The number of carbonyl (C=O) groups excluding carboxylic acids is 1. The molecule has 0 aliphatic carbocycles. The van der Waals surface area contributed by atoms with E-state index >= 15 is 0 Å². The molecule has 58 valence electrons. The van der Waals surface area contributed by atoms with Crippen LogP contribution in [0.25, 0.3) is 0 Å². The second kappa shape index (κ2) is 3.87. The highest BCUT2D eigenvalue weighted by Crippen LogP contribution is 1.89. The average molecular weight is 145 g/mol. The Morgan fingerprint density at radius 3 is 2.20 bits per heavy atom. The van der Waals surface area contributed by atoms with E-state index in [1.54, 1.807) is 6.92 Å². The zero-order valence-corrected chi connectivity index (χ0v) is 6.05. The molecule has 0 unspecified atom stereocenters. The third-order valence-corrected chi connectivity index (χ3v) is 1.08. The van der Waals surface area contributed by atoms with Crippen molar-refractivity contribution in [2.75, 3.05) is 0 Å². The largest absolute Gasteiger partial charge is 0.480 e. The minimum absolute atomic E-state index is 0.311. The predicted molar refractivity (Wildman–Crippen MR) is 35.5 cm³/mol. The Balaban J connectivity index is 3.83. The molecular weight excluding hydrogens is 134 g/mol. The van der Waals surface area contributed by atoms with Crippen LogP contribution in [0.3, 0.4) is 0 Å². The Morgan fingerprint density at radius 1 is 1.60 bits per heavy atom. The summed E-state index contributed by atoms with van der Waals surface area (Å²) in [6.45, 7) is 3.00. The van der Waals surface area contributed by atoms with Crippen molar-refractivity contribution in [1.82, 2.24) is 5.32 Å². The van der Waals surface area contributed by atoms with Crippen LogP contribution < -0.4 is 5.32 Å². The normalized spacial score (nSPS) is 12.2. The van der Waals surface area contributed by atoms with Crippen LogP contribution in [-0.4, -0.2) is 23.0 Å². The van der Waals surface area contributed by atoms with Crippen LogP contribution in [0.15, 0.2) is 0 Å². The lowest BCUT2D eigenvalue weighted by Crippen LogP contribution is -2.38. The summed E-state index contributed by atoms with van der Waals surface area (Å²) in [6, 6.07) is -0.738. The number of carboxylic acid groups (broad SMARTS) is 1. The van der Waals surface area contributed by atoms with Crippen molar-refractivity contribution in [3.05, 3.63) is 0 Å². The van der Waals surface area contributed by atoms with Gasteiger partial charge in [-0.05, 0) is 6.42 Å². The first-order valence-corrected chi connectivity index (χ1v) is 3.07. The molecule has 0 heterocycles. The summed E-state index contributed by atoms with van der Waals surface area (Å²) in [7, 11) is 0. The van der Waals surface area contributed by atoms with Crippen LogP contribution >= 0.6 is 0 Å². The van der Waals surface area contributed by atoms with E-state index in [0.29, 0.717) is 6.42 Å². The van der Waals surface area contributed by atoms with Gasteiger partial charge in [0.1, 0.15) is 6.04 Å². The molecular formula is C6H11NO3. The van der Waals surface area contributed by atoms with Gasteiger partial charge in [0, 0.05) is 6.92 Å². The predicted octanol–water partition coefficient (Wildman–Crippen LogP) is -0.0143. The highest BCUT2D eigenvalue weighted by atomic mass is 16.4. The van der Waals surface area contributed by atoms with Gasteiger partial charge in [-0.3, -0.25) is 4.79 Å². The first kappa shape index (κ1) is 8.94. The molecule has 0 aromatic rings. The summed E-state index contributed by atoms with van der Waals surface area (Å²) in [6.07, 6.45) is 0.412. The molecule has 0 aromatic heterocycles. The van der Waals surface area contributed by atoms with Crippen molar-refractivity contribution >= 4 is 11.9 Å². The highest BCUT2D eigenvalue weighted by Gasteiger charge is 2.14. The molecule has 0 saturated carbocycles. The fraction of sp³-hybridized carbons (Fsp3) is 0.667. The summed E-state index contributed by atoms with van der Waals surface area (Å²) >= 11 is 0. The summed E-state index contributed by atoms with van der Waals surface area (Å²) in [4.78, 5) is 20.6. The van der Waals surface area contributed by atoms with E-state index in [1.165, 1.54) is 6.92 Å². The van der Waals surface area contributed by atoms with Crippen molar-refractivity contribution in [2.24, 2.45) is 0 Å². The maximum absolute atomic E-state index is 10.3. The summed E-state index contributed by atoms with van der Waals surface area (Å²) in [5, 5.41) is 10.7. The van der Waals surface area contributed by atoms with Gasteiger partial charge < -0.3 is 10.4 Å². The first-order chi connectivity index (χ1) is 4.57. The first-order valence-electron chi connectivity index (χ1n) is 3.07. The van der Waals surface area contributed by atoms with Gasteiger partial charge in [-0.25, -0.2) is 4.79 Å². The molecule has 0 bridgehead atoms.